The first kappa shape index (κ1) is 50.3. The SMILES string of the molecule is C1CCCCC1.CC1C(C)C(C)C(C)C(C)C1C.CC1C(C)C(C)C(C)C(C)C1C.F[B-](F)(F)F.O.[Ru+].[Ru].[Ru]. The first-order valence-electron chi connectivity index (χ1n) is 14.8. The summed E-state index contributed by atoms with van der Waals surface area (Å²) in [6.07, 6.45) is 9.00. The van der Waals surface area contributed by atoms with Gasteiger partial charge in [0.15, 0.2) is 0 Å². The van der Waals surface area contributed by atoms with Crippen LogP contribution in [0.2, 0.25) is 0 Å². The molecule has 0 spiro atoms. The van der Waals surface area contributed by atoms with Crippen LogP contribution in [0, 0.1) is 71.0 Å². The molecule has 3 aliphatic carbocycles. The number of halogens is 4. The molecule has 3 fully saturated rings. The van der Waals surface area contributed by atoms with Crippen molar-refractivity contribution in [3.8, 4) is 0 Å². The molecule has 3 rings (SSSR count). The molecule has 0 aromatic rings. The van der Waals surface area contributed by atoms with Crippen LogP contribution in [0.25, 0.3) is 0 Å². The second-order valence-corrected chi connectivity index (χ2v) is 12.9. The van der Waals surface area contributed by atoms with E-state index >= 15 is 0 Å². The Labute approximate surface area is 279 Å². The molecule has 1 nitrogen and oxygen atoms in total. The summed E-state index contributed by atoms with van der Waals surface area (Å²) < 4.78 is 39.0. The van der Waals surface area contributed by atoms with E-state index in [0.717, 1.165) is 71.0 Å². The van der Waals surface area contributed by atoms with Crippen molar-refractivity contribution in [3.05, 3.63) is 0 Å². The monoisotopic (exact) mass is 831 g/mol. The standard InChI is InChI=1S/2C12H24.C6H12.BF4.H2O.3Ru/c2*1-7-8(2)10(4)12(6)11(5)9(7)3;1-2-4-6-5-3-1;2-1(3,4)5;;;;/h2*7-12H,1-6H3;1-6H2;;1H2;;;/q;;;-1;;;;+1. The van der Waals surface area contributed by atoms with E-state index in [1.807, 2.05) is 0 Å². The third kappa shape index (κ3) is 18.1. The van der Waals surface area contributed by atoms with Crippen LogP contribution in [0.15, 0.2) is 0 Å². The first-order valence-corrected chi connectivity index (χ1v) is 14.8. The van der Waals surface area contributed by atoms with Crippen LogP contribution in [-0.4, -0.2) is 12.7 Å². The van der Waals surface area contributed by atoms with Crippen molar-refractivity contribution in [2.75, 3.05) is 0 Å². The summed E-state index contributed by atoms with van der Waals surface area (Å²) in [6.45, 7) is 29.1. The summed E-state index contributed by atoms with van der Waals surface area (Å²) >= 11 is 0. The minimum atomic E-state index is -6.00. The van der Waals surface area contributed by atoms with Gasteiger partial charge in [0, 0.05) is 39.0 Å². The molecule has 0 aromatic heterocycles. The maximum atomic E-state index is 9.75. The normalized spacial score (nSPS) is 39.4. The fraction of sp³-hybridized carbons (Fsp3) is 1.00. The predicted octanol–water partition coefficient (Wildman–Crippen LogP) is 10.4. The third-order valence-electron chi connectivity index (χ3n) is 11.5. The van der Waals surface area contributed by atoms with Crippen molar-refractivity contribution >= 4 is 7.25 Å². The van der Waals surface area contributed by atoms with Gasteiger partial charge in [-0.25, -0.2) is 0 Å². The van der Waals surface area contributed by atoms with E-state index in [1.54, 1.807) is 0 Å². The van der Waals surface area contributed by atoms with Gasteiger partial charge < -0.3 is 22.7 Å². The van der Waals surface area contributed by atoms with Crippen LogP contribution in [0.4, 0.5) is 17.3 Å². The van der Waals surface area contributed by atoms with Crippen molar-refractivity contribution in [2.45, 2.75) is 122 Å². The van der Waals surface area contributed by atoms with Gasteiger partial charge in [-0.15, -0.1) is 0 Å². The molecule has 3 aliphatic rings. The molecule has 243 valence electrons. The van der Waals surface area contributed by atoms with E-state index in [4.69, 9.17) is 0 Å². The van der Waals surface area contributed by atoms with Gasteiger partial charge >= 0.3 is 26.7 Å². The Morgan fingerprint density at radius 2 is 0.385 bits per heavy atom. The average molecular weight is 829 g/mol. The topological polar surface area (TPSA) is 31.5 Å². The Balaban J connectivity index is -0.000000135. The van der Waals surface area contributed by atoms with Gasteiger partial charge in [-0.05, 0) is 71.0 Å². The number of hydrogen-bond donors (Lipinski definition) is 0. The van der Waals surface area contributed by atoms with Crippen molar-refractivity contribution in [1.29, 1.82) is 0 Å². The molecule has 39 heavy (non-hydrogen) atoms. The average Bonchev–Trinajstić information content (AvgIpc) is 2.82. The minimum Gasteiger partial charge on any atom is -0.418 e. The van der Waals surface area contributed by atoms with Crippen molar-refractivity contribution in [3.63, 3.8) is 0 Å². The van der Waals surface area contributed by atoms with E-state index in [0.29, 0.717) is 0 Å². The second-order valence-electron chi connectivity index (χ2n) is 12.9. The fourth-order valence-corrected chi connectivity index (χ4v) is 6.81. The van der Waals surface area contributed by atoms with Crippen LogP contribution in [0.1, 0.15) is 122 Å². The van der Waals surface area contributed by atoms with Gasteiger partial charge in [-0.1, -0.05) is 122 Å². The maximum Gasteiger partial charge on any atom is 1.00 e. The minimum absolute atomic E-state index is 0. The van der Waals surface area contributed by atoms with Gasteiger partial charge in [0.25, 0.3) is 0 Å². The molecule has 0 aromatic carbocycles. The van der Waals surface area contributed by atoms with Crippen molar-refractivity contribution < 1.29 is 81.2 Å². The van der Waals surface area contributed by atoms with Crippen LogP contribution in [-0.2, 0) is 58.4 Å². The Hall–Kier alpha value is 1.62. The largest absolute Gasteiger partial charge is 1.00 e. The van der Waals surface area contributed by atoms with Gasteiger partial charge in [-0.2, -0.15) is 0 Å². The van der Waals surface area contributed by atoms with Crippen molar-refractivity contribution in [2.24, 2.45) is 71.0 Å². The van der Waals surface area contributed by atoms with Crippen LogP contribution in [0.3, 0.4) is 0 Å². The van der Waals surface area contributed by atoms with E-state index < -0.39 is 7.25 Å². The first-order chi connectivity index (χ1) is 15.9. The summed E-state index contributed by atoms with van der Waals surface area (Å²) in [6, 6.07) is 0. The van der Waals surface area contributed by atoms with E-state index in [9.17, 15) is 17.3 Å². The summed E-state index contributed by atoms with van der Waals surface area (Å²) in [5.74, 6) is 10.9. The van der Waals surface area contributed by atoms with E-state index in [1.165, 1.54) is 38.5 Å². The molecule has 3 saturated carbocycles. The third-order valence-corrected chi connectivity index (χ3v) is 11.5. The smallest absolute Gasteiger partial charge is 0.418 e. The number of hydrogen-bond acceptors (Lipinski definition) is 0. The van der Waals surface area contributed by atoms with Gasteiger partial charge in [0.05, 0.1) is 0 Å². The van der Waals surface area contributed by atoms with Crippen LogP contribution < -0.4 is 0 Å². The van der Waals surface area contributed by atoms with Crippen molar-refractivity contribution in [1.82, 2.24) is 0 Å². The zero-order chi connectivity index (χ0) is 27.7. The predicted molar refractivity (Wildman–Crippen MR) is 151 cm³/mol. The molecule has 0 unspecified atom stereocenters. The Bertz CT molecular complexity index is 398. The Kier molecular flexibility index (Phi) is 30.9. The zero-order valence-corrected chi connectivity index (χ0v) is 32.0. The molecule has 0 atom stereocenters. The summed E-state index contributed by atoms with van der Waals surface area (Å²) in [5, 5.41) is 0. The molecular weight excluding hydrogens is 766 g/mol. The Morgan fingerprint density at radius 1 is 0.333 bits per heavy atom. The molecule has 9 heteroatoms. The quantitative estimate of drug-likeness (QED) is 0.172. The summed E-state index contributed by atoms with van der Waals surface area (Å²) in [5.41, 5.74) is 0. The van der Waals surface area contributed by atoms with Crippen LogP contribution >= 0.6 is 0 Å². The maximum absolute atomic E-state index is 9.75. The van der Waals surface area contributed by atoms with E-state index in [-0.39, 0.29) is 63.9 Å². The van der Waals surface area contributed by atoms with Gasteiger partial charge in [-0.3, -0.25) is 0 Å². The molecule has 2 N–H and O–H groups in total. The molecule has 0 heterocycles. The molecule has 0 amide bonds. The zero-order valence-electron chi connectivity index (χ0n) is 26.8. The molecule has 0 bridgehead atoms. The van der Waals surface area contributed by atoms with Crippen LogP contribution in [0.5, 0.6) is 0 Å². The second kappa shape index (κ2) is 24.0. The Morgan fingerprint density at radius 3 is 0.436 bits per heavy atom. The molecule has 0 saturated heterocycles. The fourth-order valence-electron chi connectivity index (χ4n) is 6.81. The molecule has 0 aliphatic heterocycles. The summed E-state index contributed by atoms with van der Waals surface area (Å²) in [7, 11) is -6.00. The van der Waals surface area contributed by atoms with Gasteiger partial charge in [0.1, 0.15) is 0 Å². The van der Waals surface area contributed by atoms with Gasteiger partial charge in [0.2, 0.25) is 0 Å². The van der Waals surface area contributed by atoms with E-state index in [2.05, 4.69) is 83.1 Å². The molecule has 1 radical (unpaired) electrons. The molecular formula is C30H62BF4ORu3. The number of rotatable bonds is 0. The summed E-state index contributed by atoms with van der Waals surface area (Å²) in [4.78, 5) is 0.